The Kier molecular flexibility index (Phi) is 5.83. The van der Waals surface area contributed by atoms with Gasteiger partial charge in [0.2, 0.25) is 11.8 Å². The SMILES string of the molecule is CCCCCNC(=O)C(N1CCCC1=O)C(C)(C)C. The molecule has 19 heavy (non-hydrogen) atoms. The van der Waals surface area contributed by atoms with Crippen molar-refractivity contribution in [1.29, 1.82) is 0 Å². The second-order valence-electron chi connectivity index (χ2n) is 6.46. The monoisotopic (exact) mass is 268 g/mol. The van der Waals surface area contributed by atoms with Gasteiger partial charge in [-0.3, -0.25) is 9.59 Å². The van der Waals surface area contributed by atoms with E-state index in [1.54, 1.807) is 4.90 Å². The maximum absolute atomic E-state index is 12.4. The lowest BCUT2D eigenvalue weighted by Crippen LogP contribution is -2.54. The van der Waals surface area contributed by atoms with Gasteiger partial charge in [0.1, 0.15) is 6.04 Å². The molecule has 0 saturated carbocycles. The predicted octanol–water partition coefficient (Wildman–Crippen LogP) is 2.33. The molecule has 0 spiro atoms. The van der Waals surface area contributed by atoms with E-state index >= 15 is 0 Å². The van der Waals surface area contributed by atoms with Gasteiger partial charge >= 0.3 is 0 Å². The number of amides is 2. The van der Waals surface area contributed by atoms with Crippen LogP contribution in [0.4, 0.5) is 0 Å². The Morgan fingerprint density at radius 1 is 1.37 bits per heavy atom. The predicted molar refractivity (Wildman–Crippen MR) is 76.7 cm³/mol. The molecule has 4 heteroatoms. The van der Waals surface area contributed by atoms with E-state index < -0.39 is 0 Å². The number of hydrogen-bond acceptors (Lipinski definition) is 2. The first-order valence-electron chi connectivity index (χ1n) is 7.45. The zero-order valence-electron chi connectivity index (χ0n) is 12.8. The average Bonchev–Trinajstić information content (AvgIpc) is 2.70. The second kappa shape index (κ2) is 6.92. The van der Waals surface area contributed by atoms with Gasteiger partial charge in [0.15, 0.2) is 0 Å². The highest BCUT2D eigenvalue weighted by Gasteiger charge is 2.40. The molecule has 1 aliphatic heterocycles. The van der Waals surface area contributed by atoms with Crippen LogP contribution in [0.25, 0.3) is 0 Å². The van der Waals surface area contributed by atoms with Crippen molar-refractivity contribution in [3.63, 3.8) is 0 Å². The fraction of sp³-hybridized carbons (Fsp3) is 0.867. The lowest BCUT2D eigenvalue weighted by molar-refractivity contribution is -0.141. The van der Waals surface area contributed by atoms with Crippen molar-refractivity contribution in [2.24, 2.45) is 5.41 Å². The van der Waals surface area contributed by atoms with Crippen LogP contribution in [-0.2, 0) is 9.59 Å². The summed E-state index contributed by atoms with van der Waals surface area (Å²) in [6, 6.07) is -0.343. The molecule has 1 aliphatic rings. The molecule has 110 valence electrons. The first-order chi connectivity index (χ1) is 8.88. The fourth-order valence-corrected chi connectivity index (χ4v) is 2.63. The Morgan fingerprint density at radius 2 is 2.05 bits per heavy atom. The number of nitrogens with one attached hydrogen (secondary N) is 1. The Morgan fingerprint density at radius 3 is 2.53 bits per heavy atom. The third-order valence-corrected chi connectivity index (χ3v) is 3.57. The summed E-state index contributed by atoms with van der Waals surface area (Å²) in [5, 5.41) is 2.99. The van der Waals surface area contributed by atoms with Crippen LogP contribution in [0.1, 0.15) is 59.8 Å². The van der Waals surface area contributed by atoms with Crippen molar-refractivity contribution < 1.29 is 9.59 Å². The summed E-state index contributed by atoms with van der Waals surface area (Å²) in [5.74, 6) is 0.113. The molecule has 0 aromatic rings. The fourth-order valence-electron chi connectivity index (χ4n) is 2.63. The molecule has 1 heterocycles. The lowest BCUT2D eigenvalue weighted by atomic mass is 9.85. The Hall–Kier alpha value is -1.06. The molecule has 0 aromatic carbocycles. The van der Waals surface area contributed by atoms with Crippen LogP contribution in [-0.4, -0.2) is 35.8 Å². The highest BCUT2D eigenvalue weighted by atomic mass is 16.2. The van der Waals surface area contributed by atoms with E-state index in [9.17, 15) is 9.59 Å². The number of hydrogen-bond donors (Lipinski definition) is 1. The topological polar surface area (TPSA) is 49.4 Å². The largest absolute Gasteiger partial charge is 0.354 e. The van der Waals surface area contributed by atoms with E-state index in [1.807, 2.05) is 20.8 Å². The van der Waals surface area contributed by atoms with Crippen molar-refractivity contribution >= 4 is 11.8 Å². The van der Waals surface area contributed by atoms with Crippen molar-refractivity contribution in [2.45, 2.75) is 65.8 Å². The van der Waals surface area contributed by atoms with Gasteiger partial charge in [-0.1, -0.05) is 40.5 Å². The summed E-state index contributed by atoms with van der Waals surface area (Å²) in [6.07, 6.45) is 4.73. The van der Waals surface area contributed by atoms with Crippen LogP contribution in [0.15, 0.2) is 0 Å². The zero-order valence-corrected chi connectivity index (χ0v) is 12.8. The average molecular weight is 268 g/mol. The number of carbonyl (C=O) groups is 2. The highest BCUT2D eigenvalue weighted by Crippen LogP contribution is 2.28. The van der Waals surface area contributed by atoms with E-state index in [1.165, 1.54) is 0 Å². The van der Waals surface area contributed by atoms with Gasteiger partial charge in [-0.05, 0) is 18.3 Å². The van der Waals surface area contributed by atoms with E-state index in [0.717, 1.165) is 25.7 Å². The van der Waals surface area contributed by atoms with Crippen molar-refractivity contribution in [2.75, 3.05) is 13.1 Å². The van der Waals surface area contributed by atoms with Crippen molar-refractivity contribution in [3.05, 3.63) is 0 Å². The minimum Gasteiger partial charge on any atom is -0.354 e. The summed E-state index contributed by atoms with van der Waals surface area (Å²) in [7, 11) is 0. The standard InChI is InChI=1S/C15H28N2O2/c1-5-6-7-10-16-14(19)13(15(2,3)4)17-11-8-9-12(17)18/h13H,5-11H2,1-4H3,(H,16,19). The van der Waals surface area contributed by atoms with Crippen molar-refractivity contribution in [3.8, 4) is 0 Å². The minimum absolute atomic E-state index is 0.00106. The van der Waals surface area contributed by atoms with Gasteiger partial charge in [-0.15, -0.1) is 0 Å². The maximum Gasteiger partial charge on any atom is 0.243 e. The molecule has 1 fully saturated rings. The molecule has 0 aromatic heterocycles. The normalized spacial score (nSPS) is 17.7. The highest BCUT2D eigenvalue weighted by molar-refractivity contribution is 5.89. The Balaban J connectivity index is 2.64. The van der Waals surface area contributed by atoms with Gasteiger partial charge in [0.05, 0.1) is 0 Å². The molecule has 1 saturated heterocycles. The first kappa shape index (κ1) is 16.0. The van der Waals surface area contributed by atoms with Crippen LogP contribution in [0.3, 0.4) is 0 Å². The van der Waals surface area contributed by atoms with E-state index in [2.05, 4.69) is 12.2 Å². The summed E-state index contributed by atoms with van der Waals surface area (Å²) < 4.78 is 0. The van der Waals surface area contributed by atoms with Gasteiger partial charge in [0, 0.05) is 19.5 Å². The molecule has 1 N–H and O–H groups in total. The zero-order chi connectivity index (χ0) is 14.5. The van der Waals surface area contributed by atoms with Crippen LogP contribution >= 0.6 is 0 Å². The molecule has 1 rings (SSSR count). The second-order valence-corrected chi connectivity index (χ2v) is 6.46. The maximum atomic E-state index is 12.4. The summed E-state index contributed by atoms with van der Waals surface area (Å²) in [5.41, 5.74) is -0.227. The van der Waals surface area contributed by atoms with Gasteiger partial charge < -0.3 is 10.2 Å². The Labute approximate surface area is 116 Å². The van der Waals surface area contributed by atoms with Gasteiger partial charge in [0.25, 0.3) is 0 Å². The molecule has 0 radical (unpaired) electrons. The number of unbranched alkanes of at least 4 members (excludes halogenated alkanes) is 2. The number of carbonyl (C=O) groups excluding carboxylic acids is 2. The van der Waals surface area contributed by atoms with Crippen molar-refractivity contribution in [1.82, 2.24) is 10.2 Å². The van der Waals surface area contributed by atoms with Gasteiger partial charge in [-0.25, -0.2) is 0 Å². The van der Waals surface area contributed by atoms with E-state index in [-0.39, 0.29) is 23.3 Å². The molecule has 1 unspecified atom stereocenters. The van der Waals surface area contributed by atoms with Crippen LogP contribution in [0.2, 0.25) is 0 Å². The molecule has 4 nitrogen and oxygen atoms in total. The minimum atomic E-state index is -0.343. The van der Waals surface area contributed by atoms with Gasteiger partial charge in [-0.2, -0.15) is 0 Å². The quantitative estimate of drug-likeness (QED) is 0.752. The van der Waals surface area contributed by atoms with Crippen LogP contribution in [0, 0.1) is 5.41 Å². The summed E-state index contributed by atoms with van der Waals surface area (Å²) >= 11 is 0. The van der Waals surface area contributed by atoms with Crippen LogP contribution in [0.5, 0.6) is 0 Å². The number of likely N-dealkylation sites (tertiary alicyclic amines) is 1. The van der Waals surface area contributed by atoms with E-state index in [0.29, 0.717) is 19.5 Å². The summed E-state index contributed by atoms with van der Waals surface area (Å²) in [6.45, 7) is 9.63. The molecular formula is C15H28N2O2. The number of nitrogens with zero attached hydrogens (tertiary/aromatic N) is 1. The molecule has 0 aliphatic carbocycles. The third-order valence-electron chi connectivity index (χ3n) is 3.57. The first-order valence-corrected chi connectivity index (χ1v) is 7.45. The lowest BCUT2D eigenvalue weighted by Gasteiger charge is -2.36. The summed E-state index contributed by atoms with van der Waals surface area (Å²) in [4.78, 5) is 26.0. The molecule has 0 bridgehead atoms. The number of rotatable bonds is 6. The Bertz CT molecular complexity index is 321. The molecular weight excluding hydrogens is 240 g/mol. The molecule has 1 atom stereocenters. The van der Waals surface area contributed by atoms with Crippen LogP contribution < -0.4 is 5.32 Å². The smallest absolute Gasteiger partial charge is 0.243 e. The molecule has 2 amide bonds. The third kappa shape index (κ3) is 4.51. The van der Waals surface area contributed by atoms with E-state index in [4.69, 9.17) is 0 Å².